The van der Waals surface area contributed by atoms with E-state index in [-0.39, 0.29) is 18.2 Å². The zero-order valence-electron chi connectivity index (χ0n) is 17.2. The van der Waals surface area contributed by atoms with Crippen molar-refractivity contribution in [3.63, 3.8) is 0 Å². The van der Waals surface area contributed by atoms with Crippen LogP contribution in [0.25, 0.3) is 0 Å². The third-order valence-electron chi connectivity index (χ3n) is 4.86. The molecule has 1 saturated heterocycles. The average molecular weight is 402 g/mol. The molecule has 7 heteroatoms. The molecule has 0 bridgehead atoms. The fourth-order valence-electron chi connectivity index (χ4n) is 3.58. The lowest BCUT2D eigenvalue weighted by Gasteiger charge is -2.27. The first kappa shape index (κ1) is 20.8. The summed E-state index contributed by atoms with van der Waals surface area (Å²) in [5.74, 6) is 1.39. The Morgan fingerprint density at radius 2 is 1.90 bits per heavy atom. The number of carbonyl (C=O) groups excluding carboxylic acids is 1. The summed E-state index contributed by atoms with van der Waals surface area (Å²) in [5, 5.41) is 2.81. The fraction of sp³-hybridized carbons (Fsp3) is 0.409. The number of methoxy groups -OCH3 is 2. The van der Waals surface area contributed by atoms with Crippen molar-refractivity contribution in [3.05, 3.63) is 47.8 Å². The second-order valence-electron chi connectivity index (χ2n) is 7.20. The normalized spacial score (nSPS) is 16.1. The summed E-state index contributed by atoms with van der Waals surface area (Å²) in [7, 11) is 3.21. The Bertz CT molecular complexity index is 872. The molecule has 1 aliphatic rings. The maximum Gasteiger partial charge on any atom is 0.322 e. The first-order valence-corrected chi connectivity index (χ1v) is 9.68. The lowest BCUT2D eigenvalue weighted by atomic mass is 10.0. The molecule has 0 aliphatic carbocycles. The number of rotatable bonds is 6. The lowest BCUT2D eigenvalue weighted by molar-refractivity contribution is 0.205. The lowest BCUT2D eigenvalue weighted by Crippen LogP contribution is -2.34. The minimum absolute atomic E-state index is 0.100. The van der Waals surface area contributed by atoms with Crippen molar-refractivity contribution in [2.45, 2.75) is 38.8 Å². The van der Waals surface area contributed by atoms with E-state index in [4.69, 9.17) is 14.2 Å². The second kappa shape index (κ2) is 9.03. The zero-order valence-corrected chi connectivity index (χ0v) is 17.2. The monoisotopic (exact) mass is 402 g/mol. The molecule has 2 aromatic carbocycles. The number of urea groups is 1. The summed E-state index contributed by atoms with van der Waals surface area (Å²) >= 11 is 0. The van der Waals surface area contributed by atoms with Crippen LogP contribution >= 0.6 is 0 Å². The Hall–Kier alpha value is -2.96. The van der Waals surface area contributed by atoms with Crippen molar-refractivity contribution in [3.8, 4) is 17.2 Å². The molecule has 0 saturated carbocycles. The van der Waals surface area contributed by atoms with Crippen LogP contribution in [-0.2, 0) is 0 Å². The smallest absolute Gasteiger partial charge is 0.322 e. The van der Waals surface area contributed by atoms with E-state index in [1.807, 2.05) is 32.0 Å². The molecule has 1 unspecified atom stereocenters. The fourth-order valence-corrected chi connectivity index (χ4v) is 3.58. The van der Waals surface area contributed by atoms with Crippen molar-refractivity contribution in [2.75, 3.05) is 26.1 Å². The quantitative estimate of drug-likeness (QED) is 0.739. The number of hydrogen-bond acceptors (Lipinski definition) is 4. The summed E-state index contributed by atoms with van der Waals surface area (Å²) in [6.45, 7) is 4.34. The zero-order chi connectivity index (χ0) is 21.0. The number of nitrogens with zero attached hydrogens (tertiary/aromatic N) is 1. The van der Waals surface area contributed by atoms with Crippen LogP contribution < -0.4 is 19.5 Å². The molecule has 1 heterocycles. The number of halogens is 1. The van der Waals surface area contributed by atoms with Gasteiger partial charge < -0.3 is 24.4 Å². The van der Waals surface area contributed by atoms with Gasteiger partial charge in [-0.3, -0.25) is 0 Å². The van der Waals surface area contributed by atoms with Crippen LogP contribution in [0.5, 0.6) is 17.2 Å². The standard InChI is InChI=1S/C22H27FN2O4/c1-14(2)29-21-9-7-15(23)12-18(21)24-22(26)25-11-5-6-19(25)17-13-16(27-3)8-10-20(17)28-4/h7-10,12-14,19H,5-6,11H2,1-4H3,(H,24,26). The van der Waals surface area contributed by atoms with Crippen LogP contribution in [0.2, 0.25) is 0 Å². The first-order valence-electron chi connectivity index (χ1n) is 9.68. The van der Waals surface area contributed by atoms with Crippen LogP contribution in [0.1, 0.15) is 38.3 Å². The molecule has 1 atom stereocenters. The number of nitrogens with one attached hydrogen (secondary N) is 1. The van der Waals surface area contributed by atoms with Gasteiger partial charge in [0.25, 0.3) is 0 Å². The molecule has 6 nitrogen and oxygen atoms in total. The van der Waals surface area contributed by atoms with Crippen LogP contribution in [0.4, 0.5) is 14.9 Å². The molecule has 0 radical (unpaired) electrons. The third kappa shape index (κ3) is 4.72. The van der Waals surface area contributed by atoms with Gasteiger partial charge >= 0.3 is 6.03 Å². The van der Waals surface area contributed by atoms with E-state index in [2.05, 4.69) is 5.32 Å². The highest BCUT2D eigenvalue weighted by molar-refractivity contribution is 5.91. The predicted octanol–water partition coefficient (Wildman–Crippen LogP) is 5.00. The first-order chi connectivity index (χ1) is 13.9. The molecule has 156 valence electrons. The van der Waals surface area contributed by atoms with E-state index in [9.17, 15) is 9.18 Å². The van der Waals surface area contributed by atoms with Gasteiger partial charge in [0, 0.05) is 18.2 Å². The van der Waals surface area contributed by atoms with Gasteiger partial charge in [-0.1, -0.05) is 0 Å². The van der Waals surface area contributed by atoms with Crippen LogP contribution in [0.15, 0.2) is 36.4 Å². The van der Waals surface area contributed by atoms with Gasteiger partial charge in [0.15, 0.2) is 0 Å². The Labute approximate surface area is 170 Å². The molecular weight excluding hydrogens is 375 g/mol. The van der Waals surface area contributed by atoms with Gasteiger partial charge in [-0.15, -0.1) is 0 Å². The topological polar surface area (TPSA) is 60.0 Å². The van der Waals surface area contributed by atoms with Crippen molar-refractivity contribution in [1.29, 1.82) is 0 Å². The van der Waals surface area contributed by atoms with E-state index in [1.54, 1.807) is 19.1 Å². The van der Waals surface area contributed by atoms with Crippen molar-refractivity contribution in [2.24, 2.45) is 0 Å². The third-order valence-corrected chi connectivity index (χ3v) is 4.86. The largest absolute Gasteiger partial charge is 0.497 e. The molecule has 1 N–H and O–H groups in total. The molecular formula is C22H27FN2O4. The summed E-state index contributed by atoms with van der Waals surface area (Å²) in [6, 6.07) is 9.19. The van der Waals surface area contributed by atoms with Crippen LogP contribution in [-0.4, -0.2) is 37.8 Å². The highest BCUT2D eigenvalue weighted by Gasteiger charge is 2.32. The predicted molar refractivity (Wildman–Crippen MR) is 109 cm³/mol. The van der Waals surface area contributed by atoms with Gasteiger partial charge in [-0.2, -0.15) is 0 Å². The Morgan fingerprint density at radius 1 is 1.14 bits per heavy atom. The number of carbonyl (C=O) groups is 1. The van der Waals surface area contributed by atoms with E-state index < -0.39 is 5.82 Å². The van der Waals surface area contributed by atoms with E-state index in [1.165, 1.54) is 18.2 Å². The number of benzene rings is 2. The maximum atomic E-state index is 13.8. The van der Waals surface area contributed by atoms with Crippen LogP contribution in [0.3, 0.4) is 0 Å². The highest BCUT2D eigenvalue weighted by atomic mass is 19.1. The summed E-state index contributed by atoms with van der Waals surface area (Å²) in [4.78, 5) is 14.8. The number of ether oxygens (including phenoxy) is 3. The SMILES string of the molecule is COc1ccc(OC)c(C2CCCN2C(=O)Nc2cc(F)ccc2OC(C)C)c1. The van der Waals surface area contributed by atoms with Crippen LogP contribution in [0, 0.1) is 5.82 Å². The molecule has 0 aromatic heterocycles. The Balaban J connectivity index is 1.86. The van der Waals surface area contributed by atoms with Gasteiger partial charge in [-0.25, -0.2) is 9.18 Å². The van der Waals surface area contributed by atoms with Crippen molar-refractivity contribution < 1.29 is 23.4 Å². The van der Waals surface area contributed by atoms with E-state index >= 15 is 0 Å². The van der Waals surface area contributed by atoms with E-state index in [0.29, 0.717) is 29.5 Å². The van der Waals surface area contributed by atoms with Gasteiger partial charge in [0.1, 0.15) is 23.1 Å². The Morgan fingerprint density at radius 3 is 2.59 bits per heavy atom. The number of amides is 2. The molecule has 3 rings (SSSR count). The van der Waals surface area contributed by atoms with Crippen molar-refractivity contribution in [1.82, 2.24) is 4.90 Å². The summed E-state index contributed by atoms with van der Waals surface area (Å²) in [5.41, 5.74) is 1.20. The number of hydrogen-bond donors (Lipinski definition) is 1. The minimum Gasteiger partial charge on any atom is -0.497 e. The summed E-state index contributed by atoms with van der Waals surface area (Å²) < 4.78 is 30.3. The number of likely N-dealkylation sites (tertiary alicyclic amines) is 1. The molecule has 2 amide bonds. The molecule has 29 heavy (non-hydrogen) atoms. The minimum atomic E-state index is -0.441. The molecule has 1 aliphatic heterocycles. The Kier molecular flexibility index (Phi) is 6.46. The second-order valence-corrected chi connectivity index (χ2v) is 7.20. The average Bonchev–Trinajstić information content (AvgIpc) is 3.19. The molecule has 1 fully saturated rings. The highest BCUT2D eigenvalue weighted by Crippen LogP contribution is 2.39. The molecule has 2 aromatic rings. The maximum absolute atomic E-state index is 13.8. The van der Waals surface area contributed by atoms with Crippen molar-refractivity contribution >= 4 is 11.7 Å². The van der Waals surface area contributed by atoms with Gasteiger partial charge in [0.05, 0.1) is 32.1 Å². The molecule has 0 spiro atoms. The van der Waals surface area contributed by atoms with Gasteiger partial charge in [0.2, 0.25) is 0 Å². The van der Waals surface area contributed by atoms with E-state index in [0.717, 1.165) is 18.4 Å². The summed E-state index contributed by atoms with van der Waals surface area (Å²) in [6.07, 6.45) is 1.56. The van der Waals surface area contributed by atoms with Gasteiger partial charge in [-0.05, 0) is 57.0 Å². The number of anilines is 1.